The predicted octanol–water partition coefficient (Wildman–Crippen LogP) is 3.23. The molecule has 2 N–H and O–H groups in total. The van der Waals surface area contributed by atoms with Crippen molar-refractivity contribution in [3.63, 3.8) is 0 Å². The van der Waals surface area contributed by atoms with Gasteiger partial charge in [0.15, 0.2) is 0 Å². The van der Waals surface area contributed by atoms with Gasteiger partial charge in [0.25, 0.3) is 5.91 Å². The fourth-order valence-electron chi connectivity index (χ4n) is 2.01. The van der Waals surface area contributed by atoms with Gasteiger partial charge in [-0.2, -0.15) is 0 Å². The second kappa shape index (κ2) is 4.90. The van der Waals surface area contributed by atoms with Gasteiger partial charge in [-0.25, -0.2) is 0 Å². The number of aryl methyl sites for hydroxylation is 2. The zero-order valence-electron chi connectivity index (χ0n) is 10.2. The molecule has 4 heteroatoms. The lowest BCUT2D eigenvalue weighted by molar-refractivity contribution is 0.100. The van der Waals surface area contributed by atoms with Crippen LogP contribution in [-0.4, -0.2) is 10.9 Å². The van der Waals surface area contributed by atoms with Crippen molar-refractivity contribution in [3.8, 4) is 11.3 Å². The van der Waals surface area contributed by atoms with E-state index in [0.717, 1.165) is 21.2 Å². The standard InChI is InChI=1S/C14H13BrN2O/c1-8-4-3-5-9(2)12(8)13-11(14(16)18)6-10(15)7-17-13/h3-7H,1-2H3,(H2,16,18). The van der Waals surface area contributed by atoms with Crippen LogP contribution in [0.25, 0.3) is 11.3 Å². The Balaban J connectivity index is 2.75. The Hall–Kier alpha value is -1.68. The molecule has 1 aromatic carbocycles. The second-order valence-electron chi connectivity index (χ2n) is 4.18. The molecule has 92 valence electrons. The molecular formula is C14H13BrN2O. The summed E-state index contributed by atoms with van der Waals surface area (Å²) < 4.78 is 0.742. The molecule has 3 nitrogen and oxygen atoms in total. The smallest absolute Gasteiger partial charge is 0.250 e. The number of hydrogen-bond donors (Lipinski definition) is 1. The zero-order chi connectivity index (χ0) is 13.3. The van der Waals surface area contributed by atoms with Gasteiger partial charge in [0.2, 0.25) is 0 Å². The maximum Gasteiger partial charge on any atom is 0.250 e. The van der Waals surface area contributed by atoms with Crippen molar-refractivity contribution in [2.45, 2.75) is 13.8 Å². The van der Waals surface area contributed by atoms with E-state index in [-0.39, 0.29) is 0 Å². The van der Waals surface area contributed by atoms with Crippen molar-refractivity contribution < 1.29 is 4.79 Å². The Kier molecular flexibility index (Phi) is 3.48. The highest BCUT2D eigenvalue weighted by Crippen LogP contribution is 2.29. The second-order valence-corrected chi connectivity index (χ2v) is 5.10. The number of primary amides is 1. The van der Waals surface area contributed by atoms with E-state index in [1.165, 1.54) is 0 Å². The summed E-state index contributed by atoms with van der Waals surface area (Å²) in [6.07, 6.45) is 1.67. The maximum atomic E-state index is 11.5. The number of rotatable bonds is 2. The molecule has 0 aliphatic carbocycles. The third-order valence-corrected chi connectivity index (χ3v) is 3.27. The number of amides is 1. The van der Waals surface area contributed by atoms with E-state index in [9.17, 15) is 4.79 Å². The van der Waals surface area contributed by atoms with E-state index >= 15 is 0 Å². The molecule has 0 saturated heterocycles. The number of hydrogen-bond acceptors (Lipinski definition) is 2. The predicted molar refractivity (Wildman–Crippen MR) is 75.4 cm³/mol. The molecule has 0 unspecified atom stereocenters. The van der Waals surface area contributed by atoms with Crippen molar-refractivity contribution in [2.24, 2.45) is 5.73 Å². The van der Waals surface area contributed by atoms with Gasteiger partial charge in [-0.05, 0) is 47.0 Å². The highest BCUT2D eigenvalue weighted by molar-refractivity contribution is 9.10. The average molecular weight is 305 g/mol. The van der Waals surface area contributed by atoms with Gasteiger partial charge in [0.05, 0.1) is 11.3 Å². The first-order valence-electron chi connectivity index (χ1n) is 5.52. The minimum atomic E-state index is -0.471. The van der Waals surface area contributed by atoms with Gasteiger partial charge in [-0.3, -0.25) is 9.78 Å². The molecule has 0 radical (unpaired) electrons. The first kappa shape index (κ1) is 12.8. The number of carbonyl (C=O) groups excluding carboxylic acids is 1. The van der Waals surface area contributed by atoms with E-state index in [1.54, 1.807) is 12.3 Å². The Morgan fingerprint density at radius 2 is 1.89 bits per heavy atom. The van der Waals surface area contributed by atoms with Crippen LogP contribution in [-0.2, 0) is 0 Å². The number of benzene rings is 1. The molecule has 18 heavy (non-hydrogen) atoms. The van der Waals surface area contributed by atoms with E-state index in [1.807, 2.05) is 32.0 Å². The molecule has 0 aliphatic rings. The van der Waals surface area contributed by atoms with Crippen molar-refractivity contribution in [1.82, 2.24) is 4.98 Å². The van der Waals surface area contributed by atoms with Crippen molar-refractivity contribution in [3.05, 3.63) is 51.6 Å². The monoisotopic (exact) mass is 304 g/mol. The van der Waals surface area contributed by atoms with Crippen LogP contribution in [0.1, 0.15) is 21.5 Å². The van der Waals surface area contributed by atoms with E-state index in [0.29, 0.717) is 11.3 Å². The lowest BCUT2D eigenvalue weighted by Crippen LogP contribution is -2.13. The lowest BCUT2D eigenvalue weighted by atomic mass is 9.96. The third kappa shape index (κ3) is 2.29. The first-order valence-corrected chi connectivity index (χ1v) is 6.32. The SMILES string of the molecule is Cc1cccc(C)c1-c1ncc(Br)cc1C(N)=O. The Morgan fingerprint density at radius 3 is 2.44 bits per heavy atom. The van der Waals surface area contributed by atoms with Gasteiger partial charge < -0.3 is 5.73 Å². The summed E-state index contributed by atoms with van der Waals surface area (Å²) in [5, 5.41) is 0. The molecule has 2 rings (SSSR count). The van der Waals surface area contributed by atoms with Gasteiger partial charge in [0, 0.05) is 16.2 Å². The zero-order valence-corrected chi connectivity index (χ0v) is 11.8. The van der Waals surface area contributed by atoms with Crippen LogP contribution < -0.4 is 5.73 Å². The largest absolute Gasteiger partial charge is 0.366 e. The maximum absolute atomic E-state index is 11.5. The molecule has 0 spiro atoms. The minimum absolute atomic E-state index is 0.432. The molecule has 2 aromatic rings. The topological polar surface area (TPSA) is 56.0 Å². The summed E-state index contributed by atoms with van der Waals surface area (Å²) in [4.78, 5) is 15.9. The average Bonchev–Trinajstić information content (AvgIpc) is 2.30. The number of aromatic nitrogens is 1. The van der Waals surface area contributed by atoms with Crippen LogP contribution in [0.3, 0.4) is 0 Å². The number of nitrogens with two attached hydrogens (primary N) is 1. The van der Waals surface area contributed by atoms with Crippen LogP contribution in [0.15, 0.2) is 34.9 Å². The molecule has 1 amide bonds. The minimum Gasteiger partial charge on any atom is -0.366 e. The van der Waals surface area contributed by atoms with Crippen LogP contribution >= 0.6 is 15.9 Å². The van der Waals surface area contributed by atoms with Crippen LogP contribution in [0, 0.1) is 13.8 Å². The van der Waals surface area contributed by atoms with E-state index < -0.39 is 5.91 Å². The highest BCUT2D eigenvalue weighted by Gasteiger charge is 2.15. The molecule has 1 aromatic heterocycles. The van der Waals surface area contributed by atoms with E-state index in [4.69, 9.17) is 5.73 Å². The summed E-state index contributed by atoms with van der Waals surface area (Å²) in [5.41, 5.74) is 9.62. The fraction of sp³-hybridized carbons (Fsp3) is 0.143. The molecule has 0 atom stereocenters. The van der Waals surface area contributed by atoms with Gasteiger partial charge in [-0.1, -0.05) is 18.2 Å². The molecule has 0 aliphatic heterocycles. The van der Waals surface area contributed by atoms with Crippen LogP contribution in [0.5, 0.6) is 0 Å². The first-order chi connectivity index (χ1) is 8.50. The van der Waals surface area contributed by atoms with E-state index in [2.05, 4.69) is 20.9 Å². The molecule has 0 fully saturated rings. The summed E-state index contributed by atoms with van der Waals surface area (Å²) in [6.45, 7) is 3.99. The lowest BCUT2D eigenvalue weighted by Gasteiger charge is -2.12. The summed E-state index contributed by atoms with van der Waals surface area (Å²) >= 11 is 3.30. The van der Waals surface area contributed by atoms with Gasteiger partial charge in [0.1, 0.15) is 0 Å². The van der Waals surface area contributed by atoms with Gasteiger partial charge in [-0.15, -0.1) is 0 Å². The fourth-order valence-corrected chi connectivity index (χ4v) is 2.35. The highest BCUT2D eigenvalue weighted by atomic mass is 79.9. The van der Waals surface area contributed by atoms with Gasteiger partial charge >= 0.3 is 0 Å². The normalized spacial score (nSPS) is 10.4. The Morgan fingerprint density at radius 1 is 1.28 bits per heavy atom. The number of pyridine rings is 1. The number of carbonyl (C=O) groups is 1. The summed E-state index contributed by atoms with van der Waals surface area (Å²) in [6, 6.07) is 7.68. The summed E-state index contributed by atoms with van der Waals surface area (Å²) in [7, 11) is 0. The Bertz CT molecular complexity index is 603. The number of nitrogens with zero attached hydrogens (tertiary/aromatic N) is 1. The van der Waals surface area contributed by atoms with Crippen LogP contribution in [0.2, 0.25) is 0 Å². The molecule has 1 heterocycles. The quantitative estimate of drug-likeness (QED) is 0.926. The third-order valence-electron chi connectivity index (χ3n) is 2.84. The van der Waals surface area contributed by atoms with Crippen molar-refractivity contribution in [1.29, 1.82) is 0 Å². The van der Waals surface area contributed by atoms with Crippen molar-refractivity contribution in [2.75, 3.05) is 0 Å². The molecular weight excluding hydrogens is 292 g/mol. The summed E-state index contributed by atoms with van der Waals surface area (Å²) in [5.74, 6) is -0.471. The molecule has 0 bridgehead atoms. The number of halogens is 1. The Labute approximate surface area is 114 Å². The molecule has 0 saturated carbocycles. The van der Waals surface area contributed by atoms with Crippen molar-refractivity contribution >= 4 is 21.8 Å². The van der Waals surface area contributed by atoms with Crippen LogP contribution in [0.4, 0.5) is 0 Å².